The Morgan fingerprint density at radius 3 is 1.65 bits per heavy atom. The molecule has 3 heterocycles. The van der Waals surface area contributed by atoms with Crippen LogP contribution in [0.15, 0.2) is 170 Å². The van der Waals surface area contributed by atoms with Crippen LogP contribution in [0.2, 0.25) is 0 Å². The summed E-state index contributed by atoms with van der Waals surface area (Å²) in [6, 6.07) is 57.3. The molecule has 0 atom stereocenters. The molecule has 0 aliphatic heterocycles. The van der Waals surface area contributed by atoms with Gasteiger partial charge in [0.15, 0.2) is 17.5 Å². The second-order valence-corrected chi connectivity index (χ2v) is 13.7. The smallest absolute Gasteiger partial charge is 0.164 e. The van der Waals surface area contributed by atoms with Crippen molar-refractivity contribution in [1.82, 2.24) is 19.9 Å². The van der Waals surface area contributed by atoms with E-state index in [4.69, 9.17) is 19.9 Å². The third-order valence-electron chi connectivity index (χ3n) is 9.56. The molecular weight excluding hydrogens is 641 g/mol. The first-order chi connectivity index (χ1) is 25.2. The molecule has 0 aliphatic carbocycles. The van der Waals surface area contributed by atoms with E-state index in [1.165, 1.54) is 42.1 Å². The van der Waals surface area contributed by atoms with Gasteiger partial charge in [0.05, 0.1) is 5.52 Å². The second kappa shape index (κ2) is 12.1. The van der Waals surface area contributed by atoms with E-state index in [1.807, 2.05) is 78.2 Å². The highest BCUT2D eigenvalue weighted by Crippen LogP contribution is 2.43. The van der Waals surface area contributed by atoms with Crippen LogP contribution in [-0.4, -0.2) is 19.9 Å². The van der Waals surface area contributed by atoms with Crippen LogP contribution in [0.4, 0.5) is 0 Å². The van der Waals surface area contributed by atoms with E-state index in [2.05, 4.69) is 103 Å². The molecule has 5 heteroatoms. The van der Waals surface area contributed by atoms with Crippen molar-refractivity contribution < 1.29 is 0 Å². The maximum atomic E-state index is 4.95. The van der Waals surface area contributed by atoms with Crippen molar-refractivity contribution in [2.24, 2.45) is 0 Å². The molecule has 0 radical (unpaired) electrons. The van der Waals surface area contributed by atoms with Crippen LogP contribution in [0.1, 0.15) is 0 Å². The molecule has 0 N–H and O–H groups in total. The van der Waals surface area contributed by atoms with E-state index in [0.717, 1.165) is 38.7 Å². The molecule has 4 nitrogen and oxygen atoms in total. The third kappa shape index (κ3) is 5.23. The zero-order chi connectivity index (χ0) is 33.7. The summed E-state index contributed by atoms with van der Waals surface area (Å²) in [6.07, 6.45) is 1.97. The SMILES string of the molecule is c1ccc(-c2nc(-c3ccccc3)nc(-c3ccc(-c4cc(-c5ccc6c(c5)ncc5ccccc56)cc5c4sc4ccccc45)cc3)n2)cc1. The Kier molecular flexibility index (Phi) is 6.96. The molecule has 238 valence electrons. The standard InChI is InChI=1S/C46H28N4S/c1-3-11-30(12-4-1)44-48-45(31-13-5-2-6-14-31)50-46(49-44)32-21-19-29(20-22-32)39-25-35(26-40-38-17-9-10-18-42(38)51-43(39)40)33-23-24-37-36-16-8-7-15-34(36)28-47-41(37)27-33/h1-28H. The first-order valence-corrected chi connectivity index (χ1v) is 17.8. The minimum absolute atomic E-state index is 0.645. The van der Waals surface area contributed by atoms with Crippen LogP contribution >= 0.6 is 11.3 Å². The number of nitrogens with zero attached hydrogens (tertiary/aromatic N) is 4. The molecule has 0 amide bonds. The Bertz CT molecular complexity index is 2840. The Morgan fingerprint density at radius 2 is 0.941 bits per heavy atom. The Balaban J connectivity index is 1.11. The number of aromatic nitrogens is 4. The van der Waals surface area contributed by atoms with Crippen molar-refractivity contribution in [3.63, 3.8) is 0 Å². The number of benzene rings is 7. The highest BCUT2D eigenvalue weighted by atomic mass is 32.1. The fourth-order valence-electron chi connectivity index (χ4n) is 6.98. The highest BCUT2D eigenvalue weighted by molar-refractivity contribution is 7.26. The van der Waals surface area contributed by atoms with Gasteiger partial charge >= 0.3 is 0 Å². The van der Waals surface area contributed by atoms with Crippen LogP contribution in [-0.2, 0) is 0 Å². The molecular formula is C46H28N4S. The summed E-state index contributed by atoms with van der Waals surface area (Å²) in [6.45, 7) is 0. The molecule has 51 heavy (non-hydrogen) atoms. The average molecular weight is 669 g/mol. The van der Waals surface area contributed by atoms with Crippen molar-refractivity contribution in [1.29, 1.82) is 0 Å². The molecule has 0 saturated heterocycles. The first-order valence-electron chi connectivity index (χ1n) is 17.0. The first kappa shape index (κ1) is 29.4. The largest absolute Gasteiger partial charge is 0.256 e. The average Bonchev–Trinajstić information content (AvgIpc) is 3.59. The van der Waals surface area contributed by atoms with Crippen molar-refractivity contribution in [3.8, 4) is 56.4 Å². The van der Waals surface area contributed by atoms with Gasteiger partial charge in [-0.1, -0.05) is 140 Å². The predicted molar refractivity (Wildman–Crippen MR) is 213 cm³/mol. The van der Waals surface area contributed by atoms with Gasteiger partial charge in [0, 0.05) is 59.4 Å². The summed E-state index contributed by atoms with van der Waals surface area (Å²) in [7, 11) is 0. The van der Waals surface area contributed by atoms with E-state index in [0.29, 0.717) is 17.5 Å². The number of hydrogen-bond donors (Lipinski definition) is 0. The summed E-state index contributed by atoms with van der Waals surface area (Å²) in [5.41, 5.74) is 8.50. The van der Waals surface area contributed by atoms with E-state index >= 15 is 0 Å². The molecule has 0 spiro atoms. The summed E-state index contributed by atoms with van der Waals surface area (Å²) in [5.74, 6) is 1.95. The lowest BCUT2D eigenvalue weighted by molar-refractivity contribution is 1.07. The number of rotatable bonds is 5. The fourth-order valence-corrected chi connectivity index (χ4v) is 8.20. The third-order valence-corrected chi connectivity index (χ3v) is 10.8. The normalized spacial score (nSPS) is 11.5. The lowest BCUT2D eigenvalue weighted by Gasteiger charge is -2.12. The summed E-state index contributed by atoms with van der Waals surface area (Å²) in [4.78, 5) is 19.6. The van der Waals surface area contributed by atoms with Gasteiger partial charge in [-0.2, -0.15) is 0 Å². The molecule has 7 aromatic carbocycles. The van der Waals surface area contributed by atoms with E-state index in [1.54, 1.807) is 0 Å². The number of thiophene rings is 1. The second-order valence-electron chi connectivity index (χ2n) is 12.7. The zero-order valence-corrected chi connectivity index (χ0v) is 28.2. The Labute approximate surface area is 298 Å². The molecule has 3 aromatic heterocycles. The zero-order valence-electron chi connectivity index (χ0n) is 27.4. The van der Waals surface area contributed by atoms with Gasteiger partial charge in [-0.05, 0) is 46.3 Å². The maximum absolute atomic E-state index is 4.95. The molecule has 0 bridgehead atoms. The van der Waals surface area contributed by atoms with Gasteiger partial charge in [-0.3, -0.25) is 4.98 Å². The summed E-state index contributed by atoms with van der Waals surface area (Å²) >= 11 is 1.85. The van der Waals surface area contributed by atoms with Gasteiger partial charge in [0.1, 0.15) is 0 Å². The predicted octanol–water partition coefficient (Wildman–Crippen LogP) is 12.3. The topological polar surface area (TPSA) is 51.6 Å². The van der Waals surface area contributed by atoms with Crippen LogP contribution in [0, 0.1) is 0 Å². The van der Waals surface area contributed by atoms with Gasteiger partial charge in [0.25, 0.3) is 0 Å². The minimum Gasteiger partial charge on any atom is -0.256 e. The van der Waals surface area contributed by atoms with Crippen LogP contribution in [0.5, 0.6) is 0 Å². The molecule has 0 aliphatic rings. The Morgan fingerprint density at radius 1 is 0.373 bits per heavy atom. The van der Waals surface area contributed by atoms with Gasteiger partial charge in [-0.25, -0.2) is 15.0 Å². The van der Waals surface area contributed by atoms with Gasteiger partial charge < -0.3 is 0 Å². The lowest BCUT2D eigenvalue weighted by Crippen LogP contribution is -2.00. The minimum atomic E-state index is 0.645. The quantitative estimate of drug-likeness (QED) is 0.171. The van der Waals surface area contributed by atoms with Crippen molar-refractivity contribution in [3.05, 3.63) is 170 Å². The van der Waals surface area contributed by atoms with Gasteiger partial charge in [0.2, 0.25) is 0 Å². The number of hydrogen-bond acceptors (Lipinski definition) is 5. The summed E-state index contributed by atoms with van der Waals surface area (Å²) < 4.78 is 2.55. The van der Waals surface area contributed by atoms with Crippen molar-refractivity contribution >= 4 is 53.2 Å². The molecule has 10 rings (SSSR count). The van der Waals surface area contributed by atoms with Gasteiger partial charge in [-0.15, -0.1) is 11.3 Å². The van der Waals surface area contributed by atoms with Crippen molar-refractivity contribution in [2.75, 3.05) is 0 Å². The number of fused-ring (bicyclic) bond motifs is 6. The molecule has 0 fully saturated rings. The van der Waals surface area contributed by atoms with Crippen LogP contribution in [0.25, 0.3) is 98.3 Å². The molecule has 10 aromatic rings. The van der Waals surface area contributed by atoms with Crippen LogP contribution in [0.3, 0.4) is 0 Å². The summed E-state index contributed by atoms with van der Waals surface area (Å²) in [5, 5.41) is 6.07. The molecule has 0 unspecified atom stereocenters. The van der Waals surface area contributed by atoms with E-state index in [-0.39, 0.29) is 0 Å². The fraction of sp³-hybridized carbons (Fsp3) is 0. The van der Waals surface area contributed by atoms with E-state index in [9.17, 15) is 0 Å². The highest BCUT2D eigenvalue weighted by Gasteiger charge is 2.16. The lowest BCUT2D eigenvalue weighted by atomic mass is 9.94. The van der Waals surface area contributed by atoms with Crippen molar-refractivity contribution in [2.45, 2.75) is 0 Å². The number of pyridine rings is 1. The maximum Gasteiger partial charge on any atom is 0.164 e. The molecule has 0 saturated carbocycles. The monoisotopic (exact) mass is 668 g/mol. The van der Waals surface area contributed by atoms with Crippen LogP contribution < -0.4 is 0 Å². The van der Waals surface area contributed by atoms with E-state index < -0.39 is 0 Å². The Hall–Kier alpha value is -6.56.